The molecule has 0 atom stereocenters. The summed E-state index contributed by atoms with van der Waals surface area (Å²) < 4.78 is 4.97. The minimum Gasteiger partial charge on any atom is -0.496 e. The predicted molar refractivity (Wildman–Crippen MR) is 59.0 cm³/mol. The van der Waals surface area contributed by atoms with Crippen LogP contribution in [-0.4, -0.2) is 24.0 Å². The van der Waals surface area contributed by atoms with Crippen LogP contribution in [0, 0.1) is 0 Å². The van der Waals surface area contributed by atoms with Gasteiger partial charge in [0.05, 0.1) is 12.7 Å². The molecule has 86 valence electrons. The monoisotopic (exact) mass is 222 g/mol. The number of hydrogen-bond donors (Lipinski definition) is 1. The molecule has 0 saturated carbocycles. The summed E-state index contributed by atoms with van der Waals surface area (Å²) in [7, 11) is 1.41. The van der Waals surface area contributed by atoms with Crippen molar-refractivity contribution in [2.75, 3.05) is 7.11 Å². The van der Waals surface area contributed by atoms with Crippen LogP contribution in [-0.2, 0) is 4.79 Å². The number of hydrogen-bond acceptors (Lipinski definition) is 3. The highest BCUT2D eigenvalue weighted by molar-refractivity contribution is 6.40. The predicted octanol–water partition coefficient (Wildman–Crippen LogP) is 2.09. The number of carboxylic acids is 1. The van der Waals surface area contributed by atoms with Crippen LogP contribution in [0.15, 0.2) is 18.2 Å². The molecule has 4 heteroatoms. The van der Waals surface area contributed by atoms with E-state index in [2.05, 4.69) is 0 Å². The van der Waals surface area contributed by atoms with Crippen molar-refractivity contribution < 1.29 is 19.4 Å². The molecule has 0 radical (unpaired) electrons. The van der Waals surface area contributed by atoms with Crippen molar-refractivity contribution in [1.29, 1.82) is 0 Å². The van der Waals surface area contributed by atoms with Gasteiger partial charge < -0.3 is 9.84 Å². The summed E-state index contributed by atoms with van der Waals surface area (Å²) in [6.07, 6.45) is 0. The SMILES string of the molecule is COc1ccc(C(C)C)cc1C(=O)C(=O)O. The zero-order valence-electron chi connectivity index (χ0n) is 9.48. The maximum atomic E-state index is 11.4. The van der Waals surface area contributed by atoms with E-state index in [0.717, 1.165) is 5.56 Å². The molecule has 16 heavy (non-hydrogen) atoms. The van der Waals surface area contributed by atoms with Gasteiger partial charge in [-0.15, -0.1) is 0 Å². The zero-order valence-corrected chi connectivity index (χ0v) is 9.48. The number of aliphatic carboxylic acids is 1. The minimum atomic E-state index is -1.47. The van der Waals surface area contributed by atoms with Crippen LogP contribution in [0.2, 0.25) is 0 Å². The van der Waals surface area contributed by atoms with Crippen LogP contribution in [0.4, 0.5) is 0 Å². The van der Waals surface area contributed by atoms with Crippen LogP contribution in [0.25, 0.3) is 0 Å². The summed E-state index contributed by atoms with van der Waals surface area (Å²) in [6.45, 7) is 3.94. The highest BCUT2D eigenvalue weighted by Gasteiger charge is 2.20. The van der Waals surface area contributed by atoms with Crippen molar-refractivity contribution in [2.24, 2.45) is 0 Å². The van der Waals surface area contributed by atoms with Crippen molar-refractivity contribution in [3.8, 4) is 5.75 Å². The molecule has 0 spiro atoms. The number of carbonyl (C=O) groups is 2. The van der Waals surface area contributed by atoms with E-state index in [1.54, 1.807) is 12.1 Å². The van der Waals surface area contributed by atoms with E-state index >= 15 is 0 Å². The van der Waals surface area contributed by atoms with Crippen LogP contribution >= 0.6 is 0 Å². The summed E-state index contributed by atoms with van der Waals surface area (Å²) in [5.41, 5.74) is 1.01. The Hall–Kier alpha value is -1.84. The molecule has 0 aliphatic carbocycles. The third-order valence-corrected chi connectivity index (χ3v) is 2.33. The van der Waals surface area contributed by atoms with E-state index in [-0.39, 0.29) is 17.2 Å². The molecule has 1 N–H and O–H groups in total. The smallest absolute Gasteiger partial charge is 0.377 e. The van der Waals surface area contributed by atoms with Crippen molar-refractivity contribution in [3.63, 3.8) is 0 Å². The van der Waals surface area contributed by atoms with Crippen molar-refractivity contribution in [2.45, 2.75) is 19.8 Å². The van der Waals surface area contributed by atoms with Gasteiger partial charge in [-0.3, -0.25) is 4.79 Å². The highest BCUT2D eigenvalue weighted by Crippen LogP contribution is 2.24. The van der Waals surface area contributed by atoms with Crippen LogP contribution in [0.1, 0.15) is 35.7 Å². The lowest BCUT2D eigenvalue weighted by Crippen LogP contribution is -2.14. The molecule has 0 fully saturated rings. The summed E-state index contributed by atoms with van der Waals surface area (Å²) in [5, 5.41) is 8.68. The zero-order chi connectivity index (χ0) is 12.3. The summed E-state index contributed by atoms with van der Waals surface area (Å²) in [6, 6.07) is 5.01. The summed E-state index contributed by atoms with van der Waals surface area (Å²) in [5.74, 6) is -1.90. The Labute approximate surface area is 93.9 Å². The molecule has 1 aromatic carbocycles. The minimum absolute atomic E-state index is 0.0983. The Morgan fingerprint density at radius 2 is 1.94 bits per heavy atom. The Morgan fingerprint density at radius 1 is 1.31 bits per heavy atom. The second kappa shape index (κ2) is 4.79. The van der Waals surface area contributed by atoms with Crippen LogP contribution < -0.4 is 4.74 Å². The van der Waals surface area contributed by atoms with E-state index in [4.69, 9.17) is 9.84 Å². The topological polar surface area (TPSA) is 63.6 Å². The van der Waals surface area contributed by atoms with Gasteiger partial charge in [-0.2, -0.15) is 0 Å². The van der Waals surface area contributed by atoms with Crippen LogP contribution in [0.3, 0.4) is 0 Å². The lowest BCUT2D eigenvalue weighted by molar-refractivity contribution is -0.131. The van der Waals surface area contributed by atoms with E-state index in [1.807, 2.05) is 19.9 Å². The summed E-state index contributed by atoms with van der Waals surface area (Å²) >= 11 is 0. The third kappa shape index (κ3) is 2.39. The normalized spacial score (nSPS) is 10.2. The molecule has 0 amide bonds. The molecule has 1 aromatic rings. The van der Waals surface area contributed by atoms with Gasteiger partial charge in [-0.05, 0) is 23.6 Å². The Bertz CT molecular complexity index is 421. The van der Waals surface area contributed by atoms with Crippen molar-refractivity contribution in [1.82, 2.24) is 0 Å². The van der Waals surface area contributed by atoms with E-state index in [0.29, 0.717) is 0 Å². The quantitative estimate of drug-likeness (QED) is 0.625. The molecule has 0 unspecified atom stereocenters. The average Bonchev–Trinajstić information content (AvgIpc) is 2.26. The number of carboxylic acid groups (broad SMARTS) is 1. The fourth-order valence-electron chi connectivity index (χ4n) is 1.38. The third-order valence-electron chi connectivity index (χ3n) is 2.33. The molecule has 0 aromatic heterocycles. The molecule has 0 bridgehead atoms. The molecule has 0 aliphatic heterocycles. The molecule has 0 aliphatic rings. The first kappa shape index (κ1) is 12.2. The molecule has 0 saturated heterocycles. The largest absolute Gasteiger partial charge is 0.496 e. The van der Waals surface area contributed by atoms with Gasteiger partial charge in [0, 0.05) is 0 Å². The number of ether oxygens (including phenoxy) is 1. The first-order valence-corrected chi connectivity index (χ1v) is 4.93. The number of carbonyl (C=O) groups excluding carboxylic acids is 1. The van der Waals surface area contributed by atoms with Crippen LogP contribution in [0.5, 0.6) is 5.75 Å². The van der Waals surface area contributed by atoms with Crippen molar-refractivity contribution >= 4 is 11.8 Å². The lowest BCUT2D eigenvalue weighted by atomic mass is 9.98. The molecular weight excluding hydrogens is 208 g/mol. The number of rotatable bonds is 4. The van der Waals surface area contributed by atoms with E-state index in [1.165, 1.54) is 7.11 Å². The number of methoxy groups -OCH3 is 1. The fourth-order valence-corrected chi connectivity index (χ4v) is 1.38. The van der Waals surface area contributed by atoms with Gasteiger partial charge >= 0.3 is 5.97 Å². The molecule has 0 heterocycles. The second-order valence-electron chi connectivity index (χ2n) is 3.75. The first-order chi connectivity index (χ1) is 7.47. The van der Waals surface area contributed by atoms with Gasteiger partial charge in [-0.1, -0.05) is 19.9 Å². The van der Waals surface area contributed by atoms with Gasteiger partial charge in [0.15, 0.2) is 0 Å². The fraction of sp³-hybridized carbons (Fsp3) is 0.333. The molecular formula is C12H14O4. The average molecular weight is 222 g/mol. The summed E-state index contributed by atoms with van der Waals surface area (Å²) in [4.78, 5) is 22.1. The van der Waals surface area contributed by atoms with Gasteiger partial charge in [0.25, 0.3) is 5.78 Å². The maximum absolute atomic E-state index is 11.4. The Kier molecular flexibility index (Phi) is 3.66. The van der Waals surface area contributed by atoms with Gasteiger partial charge in [0.2, 0.25) is 0 Å². The number of ketones is 1. The molecule has 1 rings (SSSR count). The number of benzene rings is 1. The number of Topliss-reactive ketones (excluding diaryl/α,β-unsaturated/α-hetero) is 1. The lowest BCUT2D eigenvalue weighted by Gasteiger charge is -2.10. The van der Waals surface area contributed by atoms with Gasteiger partial charge in [0.1, 0.15) is 5.75 Å². The Balaban J connectivity index is 3.27. The van der Waals surface area contributed by atoms with Gasteiger partial charge in [-0.25, -0.2) is 4.79 Å². The Morgan fingerprint density at radius 3 is 2.38 bits per heavy atom. The second-order valence-corrected chi connectivity index (χ2v) is 3.75. The first-order valence-electron chi connectivity index (χ1n) is 4.93. The molecule has 4 nitrogen and oxygen atoms in total. The highest BCUT2D eigenvalue weighted by atomic mass is 16.5. The van der Waals surface area contributed by atoms with E-state index < -0.39 is 11.8 Å². The van der Waals surface area contributed by atoms with Crippen molar-refractivity contribution in [3.05, 3.63) is 29.3 Å². The van der Waals surface area contributed by atoms with E-state index in [9.17, 15) is 9.59 Å². The standard InChI is InChI=1S/C12H14O4/c1-7(2)8-4-5-10(16-3)9(6-8)11(13)12(14)15/h4-7H,1-3H3,(H,14,15). The maximum Gasteiger partial charge on any atom is 0.377 e.